The molecule has 1 aromatic heterocycles. The normalized spacial score (nSPS) is 11.9. The fourth-order valence-corrected chi connectivity index (χ4v) is 1.12. The van der Waals surface area contributed by atoms with Crippen LogP contribution in [0.4, 0.5) is 0 Å². The summed E-state index contributed by atoms with van der Waals surface area (Å²) in [5.74, 6) is 0. The van der Waals surface area contributed by atoms with Crippen LogP contribution < -0.4 is 10.6 Å². The summed E-state index contributed by atoms with van der Waals surface area (Å²) >= 11 is 0. The average Bonchev–Trinajstić information content (AvgIpc) is 2.52. The summed E-state index contributed by atoms with van der Waals surface area (Å²) in [4.78, 5) is 0. The van der Waals surface area contributed by atoms with Crippen molar-refractivity contribution in [1.82, 2.24) is 30.8 Å². The Morgan fingerprint density at radius 3 is 2.00 bits per heavy atom. The molecule has 0 aliphatic rings. The van der Waals surface area contributed by atoms with Gasteiger partial charge in [-0.1, -0.05) is 0 Å². The lowest BCUT2D eigenvalue weighted by Crippen LogP contribution is -2.44. The van der Waals surface area contributed by atoms with Gasteiger partial charge in [0.05, 0.1) is 0 Å². The molecule has 1 heterocycles. The predicted octanol–water partition coefficient (Wildman–Crippen LogP) is 0.125. The minimum absolute atomic E-state index is 0.0509. The molecule has 0 fully saturated rings. The molecule has 0 unspecified atom stereocenters. The Morgan fingerprint density at radius 2 is 1.64 bits per heavy atom. The number of nitrogens with zero attached hydrogens (tertiary/aromatic N) is 4. The highest BCUT2D eigenvalue weighted by molar-refractivity contribution is 4.66. The SMILES string of the molecule is CC(C)NC(NC(C)C)n1cnnn1. The van der Waals surface area contributed by atoms with Crippen LogP contribution in [-0.2, 0) is 0 Å². The zero-order valence-electron chi connectivity index (χ0n) is 9.10. The highest BCUT2D eigenvalue weighted by atomic mass is 15.6. The largest absolute Gasteiger partial charge is 0.281 e. The van der Waals surface area contributed by atoms with Gasteiger partial charge in [0.15, 0.2) is 6.29 Å². The van der Waals surface area contributed by atoms with Gasteiger partial charge in [-0.15, -0.1) is 5.10 Å². The lowest BCUT2D eigenvalue weighted by Gasteiger charge is -2.23. The summed E-state index contributed by atoms with van der Waals surface area (Å²) in [6.45, 7) is 8.33. The fraction of sp³-hybridized carbons (Fsp3) is 0.875. The van der Waals surface area contributed by atoms with Crippen molar-refractivity contribution in [2.45, 2.75) is 46.1 Å². The molecule has 6 nitrogen and oxygen atoms in total. The number of hydrogen-bond donors (Lipinski definition) is 2. The molecule has 0 radical (unpaired) electrons. The molecular formula is C8H18N6. The summed E-state index contributed by atoms with van der Waals surface area (Å²) in [6, 6.07) is 0.742. The predicted molar refractivity (Wildman–Crippen MR) is 53.4 cm³/mol. The van der Waals surface area contributed by atoms with Crippen molar-refractivity contribution in [3.63, 3.8) is 0 Å². The van der Waals surface area contributed by atoms with Gasteiger partial charge in [0.25, 0.3) is 0 Å². The van der Waals surface area contributed by atoms with Crippen molar-refractivity contribution >= 4 is 0 Å². The quantitative estimate of drug-likeness (QED) is 0.658. The van der Waals surface area contributed by atoms with Crippen LogP contribution >= 0.6 is 0 Å². The lowest BCUT2D eigenvalue weighted by atomic mass is 10.3. The van der Waals surface area contributed by atoms with Gasteiger partial charge in [-0.05, 0) is 38.1 Å². The smallest absolute Gasteiger partial charge is 0.159 e. The maximum absolute atomic E-state index is 3.85. The van der Waals surface area contributed by atoms with E-state index in [1.54, 1.807) is 11.0 Å². The van der Waals surface area contributed by atoms with Crippen molar-refractivity contribution in [3.8, 4) is 0 Å². The van der Waals surface area contributed by atoms with Crippen LogP contribution in [-0.4, -0.2) is 32.3 Å². The van der Waals surface area contributed by atoms with Crippen molar-refractivity contribution < 1.29 is 0 Å². The van der Waals surface area contributed by atoms with Crippen molar-refractivity contribution in [3.05, 3.63) is 6.33 Å². The molecule has 2 N–H and O–H groups in total. The molecule has 0 spiro atoms. The second-order valence-corrected chi connectivity index (χ2v) is 3.84. The van der Waals surface area contributed by atoms with E-state index in [1.165, 1.54) is 0 Å². The highest BCUT2D eigenvalue weighted by Crippen LogP contribution is 1.97. The monoisotopic (exact) mass is 198 g/mol. The van der Waals surface area contributed by atoms with E-state index in [0.29, 0.717) is 12.1 Å². The molecular weight excluding hydrogens is 180 g/mol. The van der Waals surface area contributed by atoms with Crippen LogP contribution in [0.1, 0.15) is 34.0 Å². The van der Waals surface area contributed by atoms with E-state index in [9.17, 15) is 0 Å². The van der Waals surface area contributed by atoms with Gasteiger partial charge >= 0.3 is 0 Å². The first-order chi connectivity index (χ1) is 6.59. The number of hydrogen-bond acceptors (Lipinski definition) is 5. The van der Waals surface area contributed by atoms with Crippen LogP contribution in [0.3, 0.4) is 0 Å². The standard InChI is InChI=1S/C8H18N6/c1-6(2)10-8(11-7(3)4)14-5-9-12-13-14/h5-8,10-11H,1-4H3. The van der Waals surface area contributed by atoms with Gasteiger partial charge in [-0.25, -0.2) is 4.68 Å². The molecule has 0 aromatic carbocycles. The summed E-state index contributed by atoms with van der Waals surface area (Å²) in [6.07, 6.45) is 1.54. The zero-order valence-corrected chi connectivity index (χ0v) is 9.10. The van der Waals surface area contributed by atoms with Gasteiger partial charge in [0, 0.05) is 12.1 Å². The maximum atomic E-state index is 3.85. The second-order valence-electron chi connectivity index (χ2n) is 3.84. The molecule has 1 aromatic rings. The molecule has 0 aliphatic heterocycles. The van der Waals surface area contributed by atoms with E-state index in [2.05, 4.69) is 53.9 Å². The maximum Gasteiger partial charge on any atom is 0.159 e. The van der Waals surface area contributed by atoms with E-state index in [4.69, 9.17) is 0 Å². The third kappa shape index (κ3) is 3.39. The summed E-state index contributed by atoms with van der Waals surface area (Å²) in [5.41, 5.74) is 0. The highest BCUT2D eigenvalue weighted by Gasteiger charge is 2.13. The molecule has 0 bridgehead atoms. The molecule has 14 heavy (non-hydrogen) atoms. The van der Waals surface area contributed by atoms with Gasteiger partial charge in [0.1, 0.15) is 6.33 Å². The van der Waals surface area contributed by atoms with Crippen LogP contribution in [0, 0.1) is 0 Å². The van der Waals surface area contributed by atoms with E-state index in [1.807, 2.05) is 0 Å². The zero-order chi connectivity index (χ0) is 10.6. The van der Waals surface area contributed by atoms with Crippen LogP contribution in [0.5, 0.6) is 0 Å². The molecule has 6 heteroatoms. The summed E-state index contributed by atoms with van der Waals surface area (Å²) in [7, 11) is 0. The van der Waals surface area contributed by atoms with Gasteiger partial charge in [0.2, 0.25) is 0 Å². The molecule has 0 saturated heterocycles. The van der Waals surface area contributed by atoms with E-state index in [0.717, 1.165) is 0 Å². The Morgan fingerprint density at radius 1 is 1.07 bits per heavy atom. The first kappa shape index (κ1) is 11.1. The first-order valence-corrected chi connectivity index (χ1v) is 4.84. The molecule has 0 aliphatic carbocycles. The Labute approximate surface area is 84.1 Å². The minimum atomic E-state index is -0.0509. The Bertz CT molecular complexity index is 232. The number of tetrazole rings is 1. The van der Waals surface area contributed by atoms with E-state index >= 15 is 0 Å². The number of rotatable bonds is 5. The van der Waals surface area contributed by atoms with Crippen molar-refractivity contribution in [1.29, 1.82) is 0 Å². The average molecular weight is 198 g/mol. The minimum Gasteiger partial charge on any atom is -0.281 e. The topological polar surface area (TPSA) is 67.7 Å². The van der Waals surface area contributed by atoms with Crippen molar-refractivity contribution in [2.24, 2.45) is 0 Å². The van der Waals surface area contributed by atoms with Crippen LogP contribution in [0.15, 0.2) is 6.33 Å². The molecule has 0 saturated carbocycles. The molecule has 0 amide bonds. The summed E-state index contributed by atoms with van der Waals surface area (Å²) < 4.78 is 1.67. The third-order valence-electron chi connectivity index (χ3n) is 1.61. The lowest BCUT2D eigenvalue weighted by molar-refractivity contribution is 0.260. The van der Waals surface area contributed by atoms with Crippen molar-refractivity contribution in [2.75, 3.05) is 0 Å². The molecule has 1 rings (SSSR count). The molecule has 80 valence electrons. The molecule has 0 atom stereocenters. The first-order valence-electron chi connectivity index (χ1n) is 4.84. The van der Waals surface area contributed by atoms with Gasteiger partial charge in [-0.2, -0.15) is 0 Å². The Kier molecular flexibility index (Phi) is 3.97. The second kappa shape index (κ2) is 5.02. The fourth-order valence-electron chi connectivity index (χ4n) is 1.12. The van der Waals surface area contributed by atoms with Crippen LogP contribution in [0.2, 0.25) is 0 Å². The van der Waals surface area contributed by atoms with Gasteiger partial charge < -0.3 is 0 Å². The Balaban J connectivity index is 2.62. The van der Waals surface area contributed by atoms with E-state index < -0.39 is 0 Å². The van der Waals surface area contributed by atoms with Gasteiger partial charge in [-0.3, -0.25) is 10.6 Å². The third-order valence-corrected chi connectivity index (χ3v) is 1.61. The number of aromatic nitrogens is 4. The number of nitrogens with one attached hydrogen (secondary N) is 2. The summed E-state index contributed by atoms with van der Waals surface area (Å²) in [5, 5.41) is 17.7. The Hall–Kier alpha value is -1.01. The van der Waals surface area contributed by atoms with E-state index in [-0.39, 0.29) is 6.29 Å². The van der Waals surface area contributed by atoms with Crippen LogP contribution in [0.25, 0.3) is 0 Å².